The Morgan fingerprint density at radius 1 is 1.15 bits per heavy atom. The van der Waals surface area contributed by atoms with Crippen molar-refractivity contribution in [2.75, 3.05) is 0 Å². The molecule has 0 aliphatic heterocycles. The number of aliphatic hydroxyl groups excluding tert-OH is 1. The van der Waals surface area contributed by atoms with Crippen LogP contribution in [0.4, 0.5) is 0 Å². The molecule has 4 N–H and O–H groups in total. The Morgan fingerprint density at radius 2 is 1.62 bits per heavy atom. The minimum absolute atomic E-state index is 0.159. The Bertz CT molecular complexity index is 310. The fraction of sp³-hybridized carbons (Fsp3) is 0.125. The first-order valence-corrected chi connectivity index (χ1v) is 3.44. The van der Waals surface area contributed by atoms with Crippen LogP contribution in [0.5, 0.6) is 17.2 Å². The first kappa shape index (κ1) is 9.34. The number of carbonyl (C=O) groups is 1. The highest BCUT2D eigenvalue weighted by Crippen LogP contribution is 2.35. The number of phenolic OH excluding ortho intramolecular Hbond substituents is 3. The summed E-state index contributed by atoms with van der Waals surface area (Å²) >= 11 is 0. The summed E-state index contributed by atoms with van der Waals surface area (Å²) in [6.45, 7) is 0. The van der Waals surface area contributed by atoms with Gasteiger partial charge in [-0.3, -0.25) is 0 Å². The zero-order valence-corrected chi connectivity index (χ0v) is 6.51. The molecule has 1 aromatic rings. The summed E-state index contributed by atoms with van der Waals surface area (Å²) < 4.78 is 0. The molecule has 1 atom stereocenters. The molecule has 0 saturated heterocycles. The van der Waals surface area contributed by atoms with Gasteiger partial charge >= 0.3 is 0 Å². The summed E-state index contributed by atoms with van der Waals surface area (Å²) in [5.74, 6) is -1.41. The molecule has 1 unspecified atom stereocenters. The van der Waals surface area contributed by atoms with Gasteiger partial charge in [-0.25, -0.2) is 0 Å². The predicted octanol–water partition coefficient (Wildman–Crippen LogP) is 0.0357. The van der Waals surface area contributed by atoms with Crippen molar-refractivity contribution in [3.63, 3.8) is 0 Å². The molecule has 13 heavy (non-hydrogen) atoms. The second-order valence-electron chi connectivity index (χ2n) is 2.48. The summed E-state index contributed by atoms with van der Waals surface area (Å²) in [6, 6.07) is 1.84. The molecule has 0 heterocycles. The van der Waals surface area contributed by atoms with Gasteiger partial charge < -0.3 is 25.2 Å². The molecule has 0 bridgehead atoms. The lowest BCUT2D eigenvalue weighted by atomic mass is 10.1. The fourth-order valence-corrected chi connectivity index (χ4v) is 0.980. The number of carbonyl (C=O) groups excluding carboxylic acids is 1. The third-order valence-electron chi connectivity index (χ3n) is 1.55. The van der Waals surface area contributed by atoms with Crippen molar-refractivity contribution in [1.29, 1.82) is 0 Å². The average Bonchev–Trinajstić information content (AvgIpc) is 2.02. The second-order valence-corrected chi connectivity index (χ2v) is 2.48. The number of hydrogen-bond acceptors (Lipinski definition) is 5. The zero-order chi connectivity index (χ0) is 10.0. The number of benzene rings is 1. The highest BCUT2D eigenvalue weighted by atomic mass is 16.3. The van der Waals surface area contributed by atoms with Crippen molar-refractivity contribution in [1.82, 2.24) is 0 Å². The summed E-state index contributed by atoms with van der Waals surface area (Å²) in [6.07, 6.45) is -1.44. The van der Waals surface area contributed by atoms with Crippen LogP contribution in [0.15, 0.2) is 12.1 Å². The maximum Gasteiger partial charge on any atom is 0.153 e. The molecule has 1 aromatic carbocycles. The smallest absolute Gasteiger partial charge is 0.153 e. The minimum Gasteiger partial charge on any atom is -0.508 e. The van der Waals surface area contributed by atoms with Crippen LogP contribution in [0.1, 0.15) is 11.7 Å². The fourth-order valence-electron chi connectivity index (χ4n) is 0.980. The van der Waals surface area contributed by atoms with Crippen molar-refractivity contribution in [3.8, 4) is 17.2 Å². The summed E-state index contributed by atoms with van der Waals surface area (Å²) in [7, 11) is 0. The minimum atomic E-state index is -1.60. The van der Waals surface area contributed by atoms with E-state index in [1.807, 2.05) is 0 Å². The molecular formula is C8H8O5. The molecule has 0 fully saturated rings. The highest BCUT2D eigenvalue weighted by Gasteiger charge is 2.17. The van der Waals surface area contributed by atoms with E-state index in [4.69, 9.17) is 20.4 Å². The maximum atomic E-state index is 10.2. The molecule has 0 aromatic heterocycles. The van der Waals surface area contributed by atoms with Crippen molar-refractivity contribution in [2.24, 2.45) is 0 Å². The van der Waals surface area contributed by atoms with Gasteiger partial charge in [-0.2, -0.15) is 0 Å². The van der Waals surface area contributed by atoms with E-state index in [0.717, 1.165) is 12.1 Å². The van der Waals surface area contributed by atoms with E-state index in [1.54, 1.807) is 0 Å². The zero-order valence-electron chi connectivity index (χ0n) is 6.51. The van der Waals surface area contributed by atoms with Crippen LogP contribution >= 0.6 is 0 Å². The van der Waals surface area contributed by atoms with Gasteiger partial charge in [0.1, 0.15) is 23.4 Å². The molecular weight excluding hydrogens is 176 g/mol. The number of aldehydes is 1. The van der Waals surface area contributed by atoms with E-state index in [1.165, 1.54) is 0 Å². The number of phenols is 3. The third-order valence-corrected chi connectivity index (χ3v) is 1.55. The van der Waals surface area contributed by atoms with Crippen LogP contribution in [0.2, 0.25) is 0 Å². The van der Waals surface area contributed by atoms with E-state index < -0.39 is 17.6 Å². The van der Waals surface area contributed by atoms with E-state index in [0.29, 0.717) is 0 Å². The molecule has 5 nitrogen and oxygen atoms in total. The lowest BCUT2D eigenvalue weighted by molar-refractivity contribution is -0.115. The SMILES string of the molecule is O=CC(O)c1c(O)cc(O)cc1O. The van der Waals surface area contributed by atoms with Crippen LogP contribution in [-0.2, 0) is 4.79 Å². The van der Waals surface area contributed by atoms with E-state index in [2.05, 4.69) is 0 Å². The quantitative estimate of drug-likeness (QED) is 0.486. The molecule has 0 amide bonds. The molecule has 5 heteroatoms. The molecule has 0 aliphatic rings. The maximum absolute atomic E-state index is 10.2. The Balaban J connectivity index is 3.28. The van der Waals surface area contributed by atoms with Crippen molar-refractivity contribution in [3.05, 3.63) is 17.7 Å². The Kier molecular flexibility index (Phi) is 2.39. The van der Waals surface area contributed by atoms with E-state index in [9.17, 15) is 4.79 Å². The first-order chi connectivity index (χ1) is 6.06. The van der Waals surface area contributed by atoms with Gasteiger partial charge in [0.15, 0.2) is 6.29 Å². The Hall–Kier alpha value is -1.75. The van der Waals surface area contributed by atoms with Crippen LogP contribution < -0.4 is 0 Å². The molecule has 0 spiro atoms. The van der Waals surface area contributed by atoms with Gasteiger partial charge in [0.05, 0.1) is 5.56 Å². The van der Waals surface area contributed by atoms with Gasteiger partial charge in [0.2, 0.25) is 0 Å². The van der Waals surface area contributed by atoms with E-state index >= 15 is 0 Å². The molecule has 70 valence electrons. The van der Waals surface area contributed by atoms with Crippen LogP contribution in [0.25, 0.3) is 0 Å². The number of aliphatic hydroxyl groups is 1. The lowest BCUT2D eigenvalue weighted by Crippen LogP contribution is -1.98. The summed E-state index contributed by atoms with van der Waals surface area (Å²) in [5.41, 5.74) is -0.312. The van der Waals surface area contributed by atoms with Crippen LogP contribution in [0.3, 0.4) is 0 Å². The topological polar surface area (TPSA) is 98.0 Å². The van der Waals surface area contributed by atoms with Crippen LogP contribution in [0, 0.1) is 0 Å². The molecule has 0 saturated carbocycles. The number of rotatable bonds is 2. The predicted molar refractivity (Wildman–Crippen MR) is 42.5 cm³/mol. The van der Waals surface area contributed by atoms with Crippen LogP contribution in [-0.4, -0.2) is 26.7 Å². The van der Waals surface area contributed by atoms with Gasteiger partial charge in [0, 0.05) is 12.1 Å². The number of aromatic hydroxyl groups is 3. The Morgan fingerprint density at radius 3 is 2.00 bits per heavy atom. The van der Waals surface area contributed by atoms with Crippen molar-refractivity contribution < 1.29 is 25.2 Å². The first-order valence-electron chi connectivity index (χ1n) is 3.44. The van der Waals surface area contributed by atoms with Gasteiger partial charge in [-0.1, -0.05) is 0 Å². The van der Waals surface area contributed by atoms with Gasteiger partial charge in [0.25, 0.3) is 0 Å². The summed E-state index contributed by atoms with van der Waals surface area (Å²) in [4.78, 5) is 10.2. The third kappa shape index (κ3) is 1.70. The molecule has 1 rings (SSSR count). The number of hydrogen-bond donors (Lipinski definition) is 4. The summed E-state index contributed by atoms with van der Waals surface area (Å²) in [5, 5.41) is 36.2. The normalized spacial score (nSPS) is 12.4. The standard InChI is InChI=1S/C8H8O5/c9-3-7(13)8-5(11)1-4(10)2-6(8)12/h1-3,7,10-13H. The lowest BCUT2D eigenvalue weighted by Gasteiger charge is -2.08. The Labute approximate surface area is 73.5 Å². The average molecular weight is 184 g/mol. The van der Waals surface area contributed by atoms with Gasteiger partial charge in [-0.15, -0.1) is 0 Å². The largest absolute Gasteiger partial charge is 0.508 e. The van der Waals surface area contributed by atoms with Gasteiger partial charge in [-0.05, 0) is 0 Å². The van der Waals surface area contributed by atoms with Crippen molar-refractivity contribution in [2.45, 2.75) is 6.10 Å². The molecule has 0 radical (unpaired) electrons. The monoisotopic (exact) mass is 184 g/mol. The van der Waals surface area contributed by atoms with E-state index in [-0.39, 0.29) is 17.6 Å². The molecule has 0 aliphatic carbocycles. The van der Waals surface area contributed by atoms with Crippen molar-refractivity contribution >= 4 is 6.29 Å². The highest BCUT2D eigenvalue weighted by molar-refractivity contribution is 5.65. The second kappa shape index (κ2) is 3.32.